The van der Waals surface area contributed by atoms with Crippen molar-refractivity contribution in [2.24, 2.45) is 5.73 Å². The van der Waals surface area contributed by atoms with Gasteiger partial charge in [0.1, 0.15) is 0 Å². The van der Waals surface area contributed by atoms with Crippen LogP contribution in [0, 0.1) is 6.92 Å². The van der Waals surface area contributed by atoms with Crippen LogP contribution in [0.25, 0.3) is 0 Å². The van der Waals surface area contributed by atoms with Gasteiger partial charge in [-0.25, -0.2) is 0 Å². The molecule has 0 saturated heterocycles. The standard InChI is InChI=1S/C17H19N3O/c1-11-9-13(5-6-14(11)17(19)21)20-8-7-15-12(10-20)3-2-4-16(15)18/h2-6,9H,7-8,10,18H2,1H3,(H2,19,21). The molecule has 2 aromatic carbocycles. The van der Waals surface area contributed by atoms with E-state index in [9.17, 15) is 4.79 Å². The molecule has 1 amide bonds. The fourth-order valence-corrected chi connectivity index (χ4v) is 2.98. The van der Waals surface area contributed by atoms with Gasteiger partial charge in [-0.1, -0.05) is 12.1 Å². The third kappa shape index (κ3) is 2.44. The molecule has 0 bridgehead atoms. The molecular formula is C17H19N3O. The fraction of sp³-hybridized carbons (Fsp3) is 0.235. The van der Waals surface area contributed by atoms with Crippen LogP contribution in [-0.4, -0.2) is 12.5 Å². The molecule has 21 heavy (non-hydrogen) atoms. The van der Waals surface area contributed by atoms with Crippen LogP contribution in [0.5, 0.6) is 0 Å². The maximum Gasteiger partial charge on any atom is 0.248 e. The number of benzene rings is 2. The SMILES string of the molecule is Cc1cc(N2CCc3c(N)cccc3C2)ccc1C(N)=O. The zero-order chi connectivity index (χ0) is 15.0. The number of aryl methyl sites for hydroxylation is 1. The first kappa shape index (κ1) is 13.5. The molecule has 0 atom stereocenters. The summed E-state index contributed by atoms with van der Waals surface area (Å²) in [5, 5.41) is 0. The Morgan fingerprint density at radius 2 is 2.05 bits per heavy atom. The summed E-state index contributed by atoms with van der Waals surface area (Å²) < 4.78 is 0. The van der Waals surface area contributed by atoms with Gasteiger partial charge in [0.25, 0.3) is 0 Å². The van der Waals surface area contributed by atoms with Crippen LogP contribution >= 0.6 is 0 Å². The summed E-state index contributed by atoms with van der Waals surface area (Å²) in [6.07, 6.45) is 0.943. The Labute approximate surface area is 124 Å². The quantitative estimate of drug-likeness (QED) is 0.829. The predicted molar refractivity (Wildman–Crippen MR) is 85.3 cm³/mol. The molecule has 1 aliphatic heterocycles. The zero-order valence-electron chi connectivity index (χ0n) is 12.1. The molecule has 0 unspecified atom stereocenters. The van der Waals surface area contributed by atoms with E-state index in [1.165, 1.54) is 11.1 Å². The number of nitrogens with zero attached hydrogens (tertiary/aromatic N) is 1. The molecule has 4 N–H and O–H groups in total. The Balaban J connectivity index is 1.90. The van der Waals surface area contributed by atoms with Crippen molar-refractivity contribution in [3.05, 3.63) is 58.7 Å². The Hall–Kier alpha value is -2.49. The first-order chi connectivity index (χ1) is 10.1. The van der Waals surface area contributed by atoms with Gasteiger partial charge < -0.3 is 16.4 Å². The van der Waals surface area contributed by atoms with Crippen molar-refractivity contribution in [2.45, 2.75) is 19.9 Å². The average molecular weight is 281 g/mol. The van der Waals surface area contributed by atoms with Crippen molar-refractivity contribution in [2.75, 3.05) is 17.2 Å². The number of carbonyl (C=O) groups is 1. The maximum atomic E-state index is 11.3. The Kier molecular flexibility index (Phi) is 3.29. The summed E-state index contributed by atoms with van der Waals surface area (Å²) in [5.41, 5.74) is 17.4. The normalized spacial score (nSPS) is 13.9. The van der Waals surface area contributed by atoms with E-state index < -0.39 is 0 Å². The maximum absolute atomic E-state index is 11.3. The van der Waals surface area contributed by atoms with Crippen LogP contribution in [0.3, 0.4) is 0 Å². The minimum absolute atomic E-state index is 0.379. The summed E-state index contributed by atoms with van der Waals surface area (Å²) in [6, 6.07) is 11.9. The Bertz CT molecular complexity index is 709. The molecule has 108 valence electrons. The van der Waals surface area contributed by atoms with Crippen LogP contribution in [0.1, 0.15) is 27.0 Å². The van der Waals surface area contributed by atoms with E-state index in [2.05, 4.69) is 11.0 Å². The van der Waals surface area contributed by atoms with Crippen LogP contribution in [-0.2, 0) is 13.0 Å². The highest BCUT2D eigenvalue weighted by Gasteiger charge is 2.18. The van der Waals surface area contributed by atoms with Gasteiger partial charge in [-0.15, -0.1) is 0 Å². The number of carbonyl (C=O) groups excluding carboxylic acids is 1. The summed E-state index contributed by atoms with van der Waals surface area (Å²) >= 11 is 0. The smallest absolute Gasteiger partial charge is 0.248 e. The second kappa shape index (κ2) is 5.13. The lowest BCUT2D eigenvalue weighted by Gasteiger charge is -2.31. The minimum Gasteiger partial charge on any atom is -0.398 e. The second-order valence-electron chi connectivity index (χ2n) is 5.52. The number of fused-ring (bicyclic) bond motifs is 1. The second-order valence-corrected chi connectivity index (χ2v) is 5.52. The van der Waals surface area contributed by atoms with Crippen molar-refractivity contribution < 1.29 is 4.79 Å². The van der Waals surface area contributed by atoms with E-state index >= 15 is 0 Å². The lowest BCUT2D eigenvalue weighted by atomic mass is 9.97. The summed E-state index contributed by atoms with van der Waals surface area (Å²) in [4.78, 5) is 13.6. The summed E-state index contributed by atoms with van der Waals surface area (Å²) in [6.45, 7) is 3.69. The largest absolute Gasteiger partial charge is 0.398 e. The lowest BCUT2D eigenvalue weighted by Crippen LogP contribution is -2.31. The summed E-state index contributed by atoms with van der Waals surface area (Å²) in [5.74, 6) is -0.379. The van der Waals surface area contributed by atoms with Crippen LogP contribution in [0.4, 0.5) is 11.4 Å². The molecule has 0 aromatic heterocycles. The molecule has 0 saturated carbocycles. The molecule has 4 nitrogen and oxygen atoms in total. The van der Waals surface area contributed by atoms with Gasteiger partial charge in [0.15, 0.2) is 0 Å². The Morgan fingerprint density at radius 1 is 1.24 bits per heavy atom. The van der Waals surface area contributed by atoms with E-state index in [1.54, 1.807) is 0 Å². The minimum atomic E-state index is -0.379. The number of amides is 1. The van der Waals surface area contributed by atoms with Gasteiger partial charge >= 0.3 is 0 Å². The van der Waals surface area contributed by atoms with Gasteiger partial charge in [0.05, 0.1) is 0 Å². The zero-order valence-corrected chi connectivity index (χ0v) is 12.1. The number of hydrogen-bond donors (Lipinski definition) is 2. The van der Waals surface area contributed by atoms with Crippen molar-refractivity contribution in [3.63, 3.8) is 0 Å². The van der Waals surface area contributed by atoms with Crippen molar-refractivity contribution >= 4 is 17.3 Å². The molecule has 3 rings (SSSR count). The van der Waals surface area contributed by atoms with E-state index in [0.29, 0.717) is 5.56 Å². The molecule has 4 heteroatoms. The molecule has 0 fully saturated rings. The number of nitrogen functional groups attached to an aromatic ring is 1. The highest BCUT2D eigenvalue weighted by atomic mass is 16.1. The van der Waals surface area contributed by atoms with Gasteiger partial charge in [0.2, 0.25) is 5.91 Å². The molecular weight excluding hydrogens is 262 g/mol. The van der Waals surface area contributed by atoms with E-state index in [-0.39, 0.29) is 5.91 Å². The number of rotatable bonds is 2. The van der Waals surface area contributed by atoms with Gasteiger partial charge in [-0.3, -0.25) is 4.79 Å². The number of anilines is 2. The van der Waals surface area contributed by atoms with Crippen LogP contribution in [0.2, 0.25) is 0 Å². The molecule has 0 aliphatic carbocycles. The predicted octanol–water partition coefficient (Wildman–Crippen LogP) is 2.24. The fourth-order valence-electron chi connectivity index (χ4n) is 2.98. The topological polar surface area (TPSA) is 72.3 Å². The summed E-state index contributed by atoms with van der Waals surface area (Å²) in [7, 11) is 0. The van der Waals surface area contributed by atoms with E-state index in [0.717, 1.165) is 36.4 Å². The van der Waals surface area contributed by atoms with Gasteiger partial charge in [0, 0.05) is 30.0 Å². The first-order valence-corrected chi connectivity index (χ1v) is 7.08. The molecule has 0 radical (unpaired) electrons. The number of hydrogen-bond acceptors (Lipinski definition) is 3. The first-order valence-electron chi connectivity index (χ1n) is 7.08. The van der Waals surface area contributed by atoms with Crippen LogP contribution < -0.4 is 16.4 Å². The van der Waals surface area contributed by atoms with E-state index in [1.807, 2.05) is 37.3 Å². The molecule has 1 aliphatic rings. The van der Waals surface area contributed by atoms with Crippen LogP contribution in [0.15, 0.2) is 36.4 Å². The molecule has 0 spiro atoms. The number of primary amides is 1. The molecule has 1 heterocycles. The molecule has 2 aromatic rings. The third-order valence-corrected chi connectivity index (χ3v) is 4.14. The van der Waals surface area contributed by atoms with E-state index in [4.69, 9.17) is 11.5 Å². The average Bonchev–Trinajstić information content (AvgIpc) is 2.46. The highest BCUT2D eigenvalue weighted by Crippen LogP contribution is 2.28. The third-order valence-electron chi connectivity index (χ3n) is 4.14. The number of nitrogens with two attached hydrogens (primary N) is 2. The van der Waals surface area contributed by atoms with Crippen molar-refractivity contribution in [1.29, 1.82) is 0 Å². The van der Waals surface area contributed by atoms with Crippen molar-refractivity contribution in [3.8, 4) is 0 Å². The highest BCUT2D eigenvalue weighted by molar-refractivity contribution is 5.94. The van der Waals surface area contributed by atoms with Gasteiger partial charge in [-0.2, -0.15) is 0 Å². The monoisotopic (exact) mass is 281 g/mol. The lowest BCUT2D eigenvalue weighted by molar-refractivity contribution is 0.0999. The van der Waals surface area contributed by atoms with Crippen molar-refractivity contribution in [1.82, 2.24) is 0 Å². The van der Waals surface area contributed by atoms with Gasteiger partial charge in [-0.05, 0) is 54.3 Å². The Morgan fingerprint density at radius 3 is 2.76 bits per heavy atom.